The van der Waals surface area contributed by atoms with Crippen LogP contribution in [0.3, 0.4) is 0 Å². The number of anilines is 1. The van der Waals surface area contributed by atoms with Gasteiger partial charge in [-0.2, -0.15) is 5.26 Å². The molecule has 1 fully saturated rings. The van der Waals surface area contributed by atoms with Gasteiger partial charge in [-0.25, -0.2) is 4.98 Å². The zero-order chi connectivity index (χ0) is 16.1. The number of aromatic nitrogens is 1. The molecule has 0 bridgehead atoms. The van der Waals surface area contributed by atoms with Crippen LogP contribution in [-0.4, -0.2) is 25.2 Å². The molecule has 3 rings (SSSR count). The summed E-state index contributed by atoms with van der Waals surface area (Å²) in [6.45, 7) is 1.99. The SMILES string of the molecule is COc1cccc(CC2CCN(c3cccc(C#N)n3)CC2)c1. The molecule has 4 nitrogen and oxygen atoms in total. The maximum absolute atomic E-state index is 8.97. The van der Waals surface area contributed by atoms with E-state index < -0.39 is 0 Å². The molecule has 1 aliphatic heterocycles. The quantitative estimate of drug-likeness (QED) is 0.868. The van der Waals surface area contributed by atoms with Gasteiger partial charge in [0.15, 0.2) is 0 Å². The fourth-order valence-corrected chi connectivity index (χ4v) is 3.16. The Bertz CT molecular complexity index is 700. The summed E-state index contributed by atoms with van der Waals surface area (Å²) in [5, 5.41) is 8.97. The summed E-state index contributed by atoms with van der Waals surface area (Å²) in [4.78, 5) is 6.68. The van der Waals surface area contributed by atoms with Crippen LogP contribution in [0.4, 0.5) is 5.82 Å². The fourth-order valence-electron chi connectivity index (χ4n) is 3.16. The van der Waals surface area contributed by atoms with Crippen molar-refractivity contribution >= 4 is 5.82 Å². The van der Waals surface area contributed by atoms with Gasteiger partial charge in [-0.3, -0.25) is 0 Å². The highest BCUT2D eigenvalue weighted by molar-refractivity contribution is 5.42. The molecule has 2 heterocycles. The third-order valence-corrected chi connectivity index (χ3v) is 4.45. The van der Waals surface area contributed by atoms with E-state index >= 15 is 0 Å². The molecule has 1 aromatic carbocycles. The lowest BCUT2D eigenvalue weighted by atomic mass is 9.90. The van der Waals surface area contributed by atoms with Crippen LogP contribution in [0, 0.1) is 17.2 Å². The van der Waals surface area contributed by atoms with Crippen molar-refractivity contribution in [1.82, 2.24) is 4.98 Å². The summed E-state index contributed by atoms with van der Waals surface area (Å²) in [6.07, 6.45) is 3.39. The largest absolute Gasteiger partial charge is 0.497 e. The van der Waals surface area contributed by atoms with Gasteiger partial charge in [0, 0.05) is 13.1 Å². The smallest absolute Gasteiger partial charge is 0.142 e. The van der Waals surface area contributed by atoms with Gasteiger partial charge in [-0.15, -0.1) is 0 Å². The summed E-state index contributed by atoms with van der Waals surface area (Å²) in [6, 6.07) is 16.1. The van der Waals surface area contributed by atoms with E-state index in [-0.39, 0.29) is 0 Å². The number of piperidine rings is 1. The van der Waals surface area contributed by atoms with Crippen LogP contribution >= 0.6 is 0 Å². The minimum atomic E-state index is 0.487. The highest BCUT2D eigenvalue weighted by Crippen LogP contribution is 2.26. The molecule has 0 N–H and O–H groups in total. The monoisotopic (exact) mass is 307 g/mol. The first-order valence-electron chi connectivity index (χ1n) is 8.03. The molecule has 1 aliphatic rings. The minimum absolute atomic E-state index is 0.487. The van der Waals surface area contributed by atoms with E-state index in [0.717, 1.165) is 43.9 Å². The number of hydrogen-bond acceptors (Lipinski definition) is 4. The van der Waals surface area contributed by atoms with Crippen molar-refractivity contribution in [2.24, 2.45) is 5.92 Å². The lowest BCUT2D eigenvalue weighted by Gasteiger charge is -2.33. The third-order valence-electron chi connectivity index (χ3n) is 4.45. The van der Waals surface area contributed by atoms with Crippen LogP contribution in [0.5, 0.6) is 5.75 Å². The highest BCUT2D eigenvalue weighted by atomic mass is 16.5. The van der Waals surface area contributed by atoms with Crippen molar-refractivity contribution in [3.63, 3.8) is 0 Å². The molecule has 2 aromatic rings. The van der Waals surface area contributed by atoms with Gasteiger partial charge >= 0.3 is 0 Å². The molecule has 0 radical (unpaired) electrons. The van der Waals surface area contributed by atoms with E-state index in [1.165, 1.54) is 5.56 Å². The van der Waals surface area contributed by atoms with E-state index in [1.54, 1.807) is 13.2 Å². The predicted molar refractivity (Wildman–Crippen MR) is 90.6 cm³/mol. The van der Waals surface area contributed by atoms with Gasteiger partial charge in [0.2, 0.25) is 0 Å². The second-order valence-corrected chi connectivity index (χ2v) is 5.98. The van der Waals surface area contributed by atoms with Crippen LogP contribution in [-0.2, 0) is 6.42 Å². The second-order valence-electron chi connectivity index (χ2n) is 5.98. The first kappa shape index (κ1) is 15.4. The summed E-state index contributed by atoms with van der Waals surface area (Å²) >= 11 is 0. The maximum atomic E-state index is 8.97. The Morgan fingerprint density at radius 2 is 2.00 bits per heavy atom. The van der Waals surface area contributed by atoms with Crippen molar-refractivity contribution < 1.29 is 4.74 Å². The molecule has 4 heteroatoms. The summed E-state index contributed by atoms with van der Waals surface area (Å²) < 4.78 is 5.30. The Balaban J connectivity index is 1.58. The molecule has 0 saturated carbocycles. The number of nitrogens with zero attached hydrogens (tertiary/aromatic N) is 3. The van der Waals surface area contributed by atoms with E-state index in [9.17, 15) is 0 Å². The minimum Gasteiger partial charge on any atom is -0.497 e. The molecule has 118 valence electrons. The zero-order valence-corrected chi connectivity index (χ0v) is 13.4. The second kappa shape index (κ2) is 7.15. The lowest BCUT2D eigenvalue weighted by molar-refractivity contribution is 0.397. The van der Waals surface area contributed by atoms with E-state index in [2.05, 4.69) is 34.2 Å². The topological polar surface area (TPSA) is 49.1 Å². The predicted octanol–water partition coefficient (Wildman–Crippen LogP) is 3.42. The van der Waals surface area contributed by atoms with Crippen molar-refractivity contribution in [3.05, 3.63) is 53.7 Å². The van der Waals surface area contributed by atoms with E-state index in [1.807, 2.05) is 18.2 Å². The molecule has 23 heavy (non-hydrogen) atoms. The third kappa shape index (κ3) is 3.81. The molecule has 0 atom stereocenters. The molecule has 0 aliphatic carbocycles. The molecule has 1 aromatic heterocycles. The molecular weight excluding hydrogens is 286 g/mol. The first-order valence-corrected chi connectivity index (χ1v) is 8.03. The summed E-state index contributed by atoms with van der Waals surface area (Å²) in [7, 11) is 1.71. The first-order chi connectivity index (χ1) is 11.3. The van der Waals surface area contributed by atoms with Gasteiger partial charge in [0.05, 0.1) is 7.11 Å². The number of pyridine rings is 1. The zero-order valence-electron chi connectivity index (χ0n) is 13.4. The van der Waals surface area contributed by atoms with Crippen molar-refractivity contribution in [1.29, 1.82) is 5.26 Å². The number of methoxy groups -OCH3 is 1. The van der Waals surface area contributed by atoms with Crippen molar-refractivity contribution in [2.45, 2.75) is 19.3 Å². The molecule has 0 unspecified atom stereocenters. The van der Waals surface area contributed by atoms with E-state index in [4.69, 9.17) is 10.00 Å². The van der Waals surface area contributed by atoms with Gasteiger partial charge in [0.1, 0.15) is 23.3 Å². The van der Waals surface area contributed by atoms with Crippen molar-refractivity contribution in [3.8, 4) is 11.8 Å². The van der Waals surface area contributed by atoms with Crippen LogP contribution in [0.2, 0.25) is 0 Å². The normalized spacial score (nSPS) is 15.2. The number of nitriles is 1. The van der Waals surface area contributed by atoms with Gasteiger partial charge < -0.3 is 9.64 Å². The number of benzene rings is 1. The maximum Gasteiger partial charge on any atom is 0.142 e. The van der Waals surface area contributed by atoms with Crippen molar-refractivity contribution in [2.75, 3.05) is 25.1 Å². The van der Waals surface area contributed by atoms with Gasteiger partial charge in [-0.1, -0.05) is 18.2 Å². The number of ether oxygens (including phenoxy) is 1. The Hall–Kier alpha value is -2.54. The van der Waals surface area contributed by atoms with Crippen LogP contribution < -0.4 is 9.64 Å². The highest BCUT2D eigenvalue weighted by Gasteiger charge is 2.20. The standard InChI is InChI=1S/C19H21N3O/c1-23-18-6-2-4-16(13-18)12-15-8-10-22(11-9-15)19-7-3-5-17(14-20)21-19/h2-7,13,15H,8-12H2,1H3. The Labute approximate surface area is 137 Å². The molecular formula is C19H21N3O. The number of rotatable bonds is 4. The Morgan fingerprint density at radius 3 is 2.74 bits per heavy atom. The molecule has 0 amide bonds. The average molecular weight is 307 g/mol. The summed E-state index contributed by atoms with van der Waals surface area (Å²) in [5.41, 5.74) is 1.83. The Kier molecular flexibility index (Phi) is 4.77. The van der Waals surface area contributed by atoms with Gasteiger partial charge in [0.25, 0.3) is 0 Å². The van der Waals surface area contributed by atoms with E-state index in [0.29, 0.717) is 11.6 Å². The lowest BCUT2D eigenvalue weighted by Crippen LogP contribution is -2.34. The van der Waals surface area contributed by atoms with Crippen LogP contribution in [0.25, 0.3) is 0 Å². The van der Waals surface area contributed by atoms with Gasteiger partial charge in [-0.05, 0) is 55.0 Å². The molecule has 1 saturated heterocycles. The molecule has 0 spiro atoms. The van der Waals surface area contributed by atoms with Crippen LogP contribution in [0.1, 0.15) is 24.1 Å². The number of hydrogen-bond donors (Lipinski definition) is 0. The average Bonchev–Trinajstić information content (AvgIpc) is 2.62. The van der Waals surface area contributed by atoms with Crippen LogP contribution in [0.15, 0.2) is 42.5 Å². The Morgan fingerprint density at radius 1 is 1.22 bits per heavy atom. The fraction of sp³-hybridized carbons (Fsp3) is 0.368. The summed E-state index contributed by atoms with van der Waals surface area (Å²) in [5.74, 6) is 2.54.